The maximum atomic E-state index is 11.1. The monoisotopic (exact) mass is 470 g/mol. The highest BCUT2D eigenvalue weighted by Gasteiger charge is 2.15. The van der Waals surface area contributed by atoms with Crippen molar-refractivity contribution in [1.82, 2.24) is 0 Å². The van der Waals surface area contributed by atoms with E-state index >= 15 is 0 Å². The largest absolute Gasteiger partial charge is 0.488 e. The van der Waals surface area contributed by atoms with Gasteiger partial charge in [-0.1, -0.05) is 11.6 Å². The summed E-state index contributed by atoms with van der Waals surface area (Å²) in [6.07, 6.45) is 0. The van der Waals surface area contributed by atoms with Gasteiger partial charge in [-0.3, -0.25) is 0 Å². The summed E-state index contributed by atoms with van der Waals surface area (Å²) in [6.45, 7) is 3.66. The fourth-order valence-electron chi connectivity index (χ4n) is 2.10. The molecule has 8 heteroatoms. The van der Waals surface area contributed by atoms with E-state index in [1.807, 2.05) is 19.1 Å². The third kappa shape index (κ3) is 6.12. The molecule has 0 unspecified atom stereocenters. The first-order valence-corrected chi connectivity index (χ1v) is 8.68. The molecular formula is C18H20BIO6. The van der Waals surface area contributed by atoms with Gasteiger partial charge in [0.25, 0.3) is 0 Å². The minimum Gasteiger partial charge on any atom is -0.465 e. The quantitative estimate of drug-likeness (QED) is 0.405. The molecule has 2 N–H and O–H groups in total. The summed E-state index contributed by atoms with van der Waals surface area (Å²) in [7, 11) is 1.17. The van der Waals surface area contributed by atoms with Crippen LogP contribution in [0.1, 0.15) is 31.8 Å². The van der Waals surface area contributed by atoms with Crippen molar-refractivity contribution in [2.45, 2.75) is 13.8 Å². The third-order valence-corrected chi connectivity index (χ3v) is 4.76. The maximum Gasteiger partial charge on any atom is 0.488 e. The van der Waals surface area contributed by atoms with Crippen LogP contribution in [-0.4, -0.2) is 43.3 Å². The number of aryl methyl sites for hydroxylation is 2. The number of rotatable bonds is 3. The summed E-state index contributed by atoms with van der Waals surface area (Å²) in [6, 6.07) is 10.0. The molecule has 0 aliphatic carbocycles. The van der Waals surface area contributed by atoms with Crippen LogP contribution in [0.2, 0.25) is 0 Å². The van der Waals surface area contributed by atoms with Crippen LogP contribution in [0, 0.1) is 17.4 Å². The topological polar surface area (TPSA) is 93.1 Å². The molecule has 2 aromatic rings. The Morgan fingerprint density at radius 1 is 0.885 bits per heavy atom. The van der Waals surface area contributed by atoms with E-state index in [1.54, 1.807) is 19.1 Å². The molecule has 0 radical (unpaired) electrons. The van der Waals surface area contributed by atoms with Gasteiger partial charge in [0.1, 0.15) is 0 Å². The Morgan fingerprint density at radius 3 is 1.73 bits per heavy atom. The SMILES string of the molecule is COC(=O)c1ccc(B(O)O)c(C)c1.COC(=O)c1ccc(I)c(C)c1. The Hall–Kier alpha value is -1.91. The molecule has 0 spiro atoms. The van der Waals surface area contributed by atoms with Gasteiger partial charge >= 0.3 is 19.1 Å². The van der Waals surface area contributed by atoms with Crippen LogP contribution in [0.15, 0.2) is 36.4 Å². The van der Waals surface area contributed by atoms with E-state index in [4.69, 9.17) is 10.0 Å². The molecule has 0 aromatic heterocycles. The first-order chi connectivity index (χ1) is 12.2. The fraction of sp³-hybridized carbons (Fsp3) is 0.222. The van der Waals surface area contributed by atoms with E-state index in [2.05, 4.69) is 32.1 Å². The molecule has 0 heterocycles. The standard InChI is InChI=1S/C9H11BO4.C9H9IO2/c1-6-5-7(9(11)14-2)3-4-8(6)10(12)13;1-6-5-7(9(11)12-2)3-4-8(6)10/h3-5,12-13H,1-2H3;3-5H,1-2H3. The Morgan fingerprint density at radius 2 is 1.35 bits per heavy atom. The minimum atomic E-state index is -1.51. The zero-order chi connectivity index (χ0) is 19.9. The van der Waals surface area contributed by atoms with Crippen LogP contribution >= 0.6 is 22.6 Å². The highest BCUT2D eigenvalue weighted by molar-refractivity contribution is 14.1. The van der Waals surface area contributed by atoms with Crippen LogP contribution in [-0.2, 0) is 9.47 Å². The van der Waals surface area contributed by atoms with Gasteiger partial charge in [0.2, 0.25) is 0 Å². The lowest BCUT2D eigenvalue weighted by atomic mass is 9.77. The maximum absolute atomic E-state index is 11.1. The average Bonchev–Trinajstić information content (AvgIpc) is 2.62. The van der Waals surface area contributed by atoms with Gasteiger partial charge in [-0.05, 0) is 77.8 Å². The zero-order valence-corrected chi connectivity index (χ0v) is 17.1. The number of halogens is 1. The van der Waals surface area contributed by atoms with Gasteiger partial charge in [0, 0.05) is 3.57 Å². The summed E-state index contributed by atoms with van der Waals surface area (Å²) in [5.41, 5.74) is 3.13. The molecule has 0 saturated heterocycles. The minimum absolute atomic E-state index is 0.283. The van der Waals surface area contributed by atoms with E-state index in [0.717, 1.165) is 9.13 Å². The molecule has 2 rings (SSSR count). The average molecular weight is 470 g/mol. The van der Waals surface area contributed by atoms with E-state index in [1.165, 1.54) is 26.4 Å². The summed E-state index contributed by atoms with van der Waals surface area (Å²) in [5, 5.41) is 17.9. The Bertz CT molecular complexity index is 791. The van der Waals surface area contributed by atoms with Crippen molar-refractivity contribution in [2.24, 2.45) is 0 Å². The lowest BCUT2D eigenvalue weighted by molar-refractivity contribution is 0.0592. The lowest BCUT2D eigenvalue weighted by Gasteiger charge is -2.06. The second-order valence-electron chi connectivity index (χ2n) is 5.39. The number of esters is 2. The number of benzene rings is 2. The lowest BCUT2D eigenvalue weighted by Crippen LogP contribution is -2.32. The summed E-state index contributed by atoms with van der Waals surface area (Å²) < 4.78 is 10.3. The number of carbonyl (C=O) groups excluding carboxylic acids is 2. The first-order valence-electron chi connectivity index (χ1n) is 7.60. The van der Waals surface area contributed by atoms with Crippen LogP contribution in [0.3, 0.4) is 0 Å². The van der Waals surface area contributed by atoms with Gasteiger partial charge in [-0.25, -0.2) is 9.59 Å². The molecule has 26 heavy (non-hydrogen) atoms. The van der Waals surface area contributed by atoms with Crippen molar-refractivity contribution in [3.8, 4) is 0 Å². The van der Waals surface area contributed by atoms with Crippen LogP contribution in [0.5, 0.6) is 0 Å². The van der Waals surface area contributed by atoms with Crippen molar-refractivity contribution in [3.05, 3.63) is 62.2 Å². The van der Waals surface area contributed by atoms with Crippen molar-refractivity contribution in [2.75, 3.05) is 14.2 Å². The zero-order valence-electron chi connectivity index (χ0n) is 14.9. The molecule has 138 valence electrons. The van der Waals surface area contributed by atoms with Gasteiger partial charge in [0.15, 0.2) is 0 Å². The molecule has 0 aliphatic heterocycles. The molecular weight excluding hydrogens is 450 g/mol. The summed E-state index contributed by atoms with van der Waals surface area (Å²) in [4.78, 5) is 22.2. The molecule has 0 aliphatic rings. The van der Waals surface area contributed by atoms with Crippen molar-refractivity contribution < 1.29 is 29.1 Å². The van der Waals surface area contributed by atoms with Gasteiger partial charge in [-0.15, -0.1) is 0 Å². The predicted octanol–water partition coefficient (Wildman–Crippen LogP) is 1.85. The van der Waals surface area contributed by atoms with E-state index in [-0.39, 0.29) is 5.97 Å². The number of methoxy groups -OCH3 is 2. The molecule has 2 aromatic carbocycles. The third-order valence-electron chi connectivity index (χ3n) is 3.55. The summed E-state index contributed by atoms with van der Waals surface area (Å²) in [5.74, 6) is -0.721. The number of hydrogen-bond acceptors (Lipinski definition) is 6. The highest BCUT2D eigenvalue weighted by Crippen LogP contribution is 2.13. The molecule has 0 bridgehead atoms. The first kappa shape index (κ1) is 22.1. The van der Waals surface area contributed by atoms with Crippen LogP contribution < -0.4 is 5.46 Å². The van der Waals surface area contributed by atoms with Gasteiger partial charge in [-0.2, -0.15) is 0 Å². The Kier molecular flexibility index (Phi) is 8.76. The van der Waals surface area contributed by atoms with Crippen molar-refractivity contribution >= 4 is 47.1 Å². The normalized spacial score (nSPS) is 9.65. The fourth-order valence-corrected chi connectivity index (χ4v) is 2.44. The Labute approximate surface area is 166 Å². The van der Waals surface area contributed by atoms with E-state index < -0.39 is 13.1 Å². The molecule has 6 nitrogen and oxygen atoms in total. The number of carbonyl (C=O) groups is 2. The second-order valence-corrected chi connectivity index (χ2v) is 6.55. The smallest absolute Gasteiger partial charge is 0.465 e. The highest BCUT2D eigenvalue weighted by atomic mass is 127. The van der Waals surface area contributed by atoms with E-state index in [0.29, 0.717) is 22.2 Å². The van der Waals surface area contributed by atoms with Gasteiger partial charge < -0.3 is 19.5 Å². The van der Waals surface area contributed by atoms with Crippen LogP contribution in [0.25, 0.3) is 0 Å². The summed E-state index contributed by atoms with van der Waals surface area (Å²) >= 11 is 2.22. The molecule has 0 amide bonds. The van der Waals surface area contributed by atoms with Crippen molar-refractivity contribution in [1.29, 1.82) is 0 Å². The van der Waals surface area contributed by atoms with E-state index in [9.17, 15) is 9.59 Å². The van der Waals surface area contributed by atoms with Gasteiger partial charge in [0.05, 0.1) is 25.3 Å². The second kappa shape index (κ2) is 10.3. The van der Waals surface area contributed by atoms with Crippen LogP contribution in [0.4, 0.5) is 0 Å². The van der Waals surface area contributed by atoms with Crippen molar-refractivity contribution in [3.63, 3.8) is 0 Å². The number of hydrogen-bond donors (Lipinski definition) is 2. The Balaban J connectivity index is 0.000000263. The molecule has 0 fully saturated rings. The number of ether oxygens (including phenoxy) is 2. The molecule has 0 saturated carbocycles. The predicted molar refractivity (Wildman–Crippen MR) is 108 cm³/mol. The molecule has 0 atom stereocenters.